The van der Waals surface area contributed by atoms with Crippen molar-refractivity contribution in [2.75, 3.05) is 11.9 Å². The molecule has 2 atom stereocenters. The number of halogens is 4. The number of hydrogen-bond donors (Lipinski definition) is 3. The summed E-state index contributed by atoms with van der Waals surface area (Å²) in [5.74, 6) is 0. The SMILES string of the molecule is O=C(Nc1cccc(Cl)c1)NC(NS(=O)(=O)c1ccccc1)(C1CCCCO1)C(F)(F)F. The van der Waals surface area contributed by atoms with E-state index >= 15 is 0 Å². The van der Waals surface area contributed by atoms with Gasteiger partial charge in [-0.25, -0.2) is 13.2 Å². The van der Waals surface area contributed by atoms with Crippen LogP contribution in [0.15, 0.2) is 59.5 Å². The van der Waals surface area contributed by atoms with Gasteiger partial charge in [0.2, 0.25) is 15.7 Å². The lowest BCUT2D eigenvalue weighted by atomic mass is 9.95. The maximum Gasteiger partial charge on any atom is 0.428 e. The molecule has 32 heavy (non-hydrogen) atoms. The molecule has 1 saturated heterocycles. The van der Waals surface area contributed by atoms with Crippen molar-refractivity contribution < 1.29 is 31.1 Å². The number of benzene rings is 2. The van der Waals surface area contributed by atoms with Crippen molar-refractivity contribution in [1.82, 2.24) is 10.0 Å². The third-order valence-electron chi connectivity index (χ3n) is 4.85. The molecule has 0 radical (unpaired) electrons. The first kappa shape index (κ1) is 24.3. The van der Waals surface area contributed by atoms with Crippen LogP contribution in [0.5, 0.6) is 0 Å². The Labute approximate surface area is 188 Å². The van der Waals surface area contributed by atoms with Gasteiger partial charge in [-0.3, -0.25) is 0 Å². The number of amides is 2. The highest BCUT2D eigenvalue weighted by molar-refractivity contribution is 7.89. The monoisotopic (exact) mass is 491 g/mol. The number of hydrogen-bond acceptors (Lipinski definition) is 4. The van der Waals surface area contributed by atoms with Crippen LogP contribution < -0.4 is 15.4 Å². The maximum atomic E-state index is 14.5. The summed E-state index contributed by atoms with van der Waals surface area (Å²) in [4.78, 5) is 12.2. The quantitative estimate of drug-likeness (QED) is 0.526. The van der Waals surface area contributed by atoms with Gasteiger partial charge in [0.25, 0.3) is 0 Å². The molecule has 1 aliphatic heterocycles. The molecule has 7 nitrogen and oxygen atoms in total. The lowest BCUT2D eigenvalue weighted by Crippen LogP contribution is -2.75. The standard InChI is InChI=1S/C20H21ClF3N3O4S/c21-14-7-6-8-15(13-14)25-18(28)26-19(20(22,23)24,17-11-4-5-12-31-17)27-32(29,30)16-9-2-1-3-10-16/h1-3,6-10,13,17,27H,4-5,11-12H2,(H2,25,26,28). The van der Waals surface area contributed by atoms with E-state index in [-0.39, 0.29) is 28.6 Å². The van der Waals surface area contributed by atoms with Crippen LogP contribution in [0.3, 0.4) is 0 Å². The molecule has 0 aromatic heterocycles. The van der Waals surface area contributed by atoms with Crippen molar-refractivity contribution in [3.63, 3.8) is 0 Å². The van der Waals surface area contributed by atoms with Gasteiger partial charge in [0.1, 0.15) is 6.10 Å². The van der Waals surface area contributed by atoms with Gasteiger partial charge >= 0.3 is 12.2 Å². The number of sulfonamides is 1. The first-order valence-corrected chi connectivity index (χ1v) is 11.5. The first-order valence-electron chi connectivity index (χ1n) is 9.65. The highest BCUT2D eigenvalue weighted by Gasteiger charge is 2.63. The van der Waals surface area contributed by atoms with Gasteiger partial charge in [0.15, 0.2) is 0 Å². The molecule has 2 aromatic rings. The molecule has 1 heterocycles. The number of carbonyl (C=O) groups is 1. The number of nitrogens with one attached hydrogen (secondary N) is 3. The zero-order chi connectivity index (χ0) is 23.4. The van der Waals surface area contributed by atoms with E-state index in [2.05, 4.69) is 5.32 Å². The minimum Gasteiger partial charge on any atom is -0.374 e. The molecule has 1 aliphatic rings. The smallest absolute Gasteiger partial charge is 0.374 e. The fourth-order valence-electron chi connectivity index (χ4n) is 3.34. The average molecular weight is 492 g/mol. The molecule has 12 heteroatoms. The second-order valence-corrected chi connectivity index (χ2v) is 9.29. The number of alkyl halides is 3. The zero-order valence-corrected chi connectivity index (χ0v) is 18.2. The molecular formula is C20H21ClF3N3O4S. The third kappa shape index (κ3) is 5.52. The number of carbonyl (C=O) groups excluding carboxylic acids is 1. The van der Waals surface area contributed by atoms with Crippen LogP contribution in [-0.4, -0.2) is 39.0 Å². The van der Waals surface area contributed by atoms with Gasteiger partial charge in [0.05, 0.1) is 4.90 Å². The van der Waals surface area contributed by atoms with Crippen molar-refractivity contribution in [1.29, 1.82) is 0 Å². The van der Waals surface area contributed by atoms with Crippen LogP contribution in [0.25, 0.3) is 0 Å². The van der Waals surface area contributed by atoms with Crippen molar-refractivity contribution in [2.24, 2.45) is 0 Å². The second kappa shape index (κ2) is 9.65. The molecule has 2 unspecified atom stereocenters. The molecule has 0 saturated carbocycles. The average Bonchev–Trinajstić information content (AvgIpc) is 2.73. The molecule has 3 N–H and O–H groups in total. The van der Waals surface area contributed by atoms with Gasteiger partial charge in [-0.2, -0.15) is 17.9 Å². The van der Waals surface area contributed by atoms with E-state index in [4.69, 9.17) is 16.3 Å². The van der Waals surface area contributed by atoms with Crippen LogP contribution >= 0.6 is 11.6 Å². The van der Waals surface area contributed by atoms with Crippen molar-refractivity contribution in [2.45, 2.75) is 42.1 Å². The lowest BCUT2D eigenvalue weighted by molar-refractivity contribution is -0.236. The molecule has 174 valence electrons. The van der Waals surface area contributed by atoms with E-state index < -0.39 is 34.0 Å². The van der Waals surface area contributed by atoms with Crippen molar-refractivity contribution in [3.05, 3.63) is 59.6 Å². The van der Waals surface area contributed by atoms with Gasteiger partial charge < -0.3 is 15.4 Å². The molecule has 0 bridgehead atoms. The van der Waals surface area contributed by atoms with E-state index in [1.807, 2.05) is 0 Å². The maximum absolute atomic E-state index is 14.5. The normalized spacial score (nSPS) is 19.1. The van der Waals surface area contributed by atoms with Crippen LogP contribution in [0.4, 0.5) is 23.7 Å². The van der Waals surface area contributed by atoms with Crippen LogP contribution in [0, 0.1) is 0 Å². The van der Waals surface area contributed by atoms with Crippen molar-refractivity contribution >= 4 is 33.3 Å². The van der Waals surface area contributed by atoms with E-state index in [1.165, 1.54) is 42.5 Å². The number of urea groups is 1. The van der Waals surface area contributed by atoms with Crippen LogP contribution in [-0.2, 0) is 14.8 Å². The highest BCUT2D eigenvalue weighted by Crippen LogP contribution is 2.37. The Balaban J connectivity index is 1.99. The largest absolute Gasteiger partial charge is 0.428 e. The fourth-order valence-corrected chi connectivity index (χ4v) is 4.89. The number of anilines is 1. The Morgan fingerprint density at radius 1 is 1.06 bits per heavy atom. The molecule has 2 aromatic carbocycles. The van der Waals surface area contributed by atoms with Gasteiger partial charge in [-0.15, -0.1) is 0 Å². The fraction of sp³-hybridized carbons (Fsp3) is 0.350. The van der Waals surface area contributed by atoms with Crippen LogP contribution in [0.2, 0.25) is 5.02 Å². The second-order valence-electron chi connectivity index (χ2n) is 7.17. The predicted octanol–water partition coefficient (Wildman–Crippen LogP) is 4.27. The van der Waals surface area contributed by atoms with E-state index in [0.717, 1.165) is 12.1 Å². The molecule has 1 fully saturated rings. The van der Waals surface area contributed by atoms with Gasteiger partial charge in [-0.1, -0.05) is 35.9 Å². The van der Waals surface area contributed by atoms with Crippen LogP contribution in [0.1, 0.15) is 19.3 Å². The molecular weight excluding hydrogens is 471 g/mol. The molecule has 2 amide bonds. The topological polar surface area (TPSA) is 96.5 Å². The summed E-state index contributed by atoms with van der Waals surface area (Å²) in [6.45, 7) is -0.00679. The molecule has 0 spiro atoms. The summed E-state index contributed by atoms with van der Waals surface area (Å²) < 4.78 is 76.2. The van der Waals surface area contributed by atoms with E-state index in [1.54, 1.807) is 10.0 Å². The van der Waals surface area contributed by atoms with E-state index in [9.17, 15) is 26.4 Å². The Morgan fingerprint density at radius 3 is 2.38 bits per heavy atom. The molecule has 3 rings (SSSR count). The first-order chi connectivity index (χ1) is 15.0. The summed E-state index contributed by atoms with van der Waals surface area (Å²) in [5, 5.41) is 4.31. The summed E-state index contributed by atoms with van der Waals surface area (Å²) in [7, 11) is -4.69. The Hall–Kier alpha value is -2.34. The summed E-state index contributed by atoms with van der Waals surface area (Å²) in [5.41, 5.74) is -3.29. The zero-order valence-electron chi connectivity index (χ0n) is 16.7. The highest BCUT2D eigenvalue weighted by atomic mass is 35.5. The lowest BCUT2D eigenvalue weighted by Gasteiger charge is -2.43. The van der Waals surface area contributed by atoms with Crippen molar-refractivity contribution in [3.8, 4) is 0 Å². The summed E-state index contributed by atoms with van der Waals surface area (Å²) in [6.07, 6.45) is -6.14. The Kier molecular flexibility index (Phi) is 7.33. The van der Waals surface area contributed by atoms with Gasteiger partial charge in [-0.05, 0) is 49.6 Å². The number of ether oxygens (including phenoxy) is 1. The number of rotatable bonds is 6. The minimum atomic E-state index is -5.23. The summed E-state index contributed by atoms with van der Waals surface area (Å²) >= 11 is 5.85. The Bertz CT molecular complexity index is 1050. The predicted molar refractivity (Wildman–Crippen MR) is 113 cm³/mol. The minimum absolute atomic E-state index is 0.00679. The third-order valence-corrected chi connectivity index (χ3v) is 6.57. The summed E-state index contributed by atoms with van der Waals surface area (Å²) in [6, 6.07) is 11.1. The molecule has 0 aliphatic carbocycles. The van der Waals surface area contributed by atoms with Gasteiger partial charge in [0, 0.05) is 17.3 Å². The van der Waals surface area contributed by atoms with E-state index in [0.29, 0.717) is 12.8 Å². The Morgan fingerprint density at radius 2 is 1.78 bits per heavy atom.